The van der Waals surface area contributed by atoms with E-state index in [1.54, 1.807) is 0 Å². The van der Waals surface area contributed by atoms with Gasteiger partial charge in [-0.1, -0.05) is 24.3 Å². The minimum absolute atomic E-state index is 0.927. The number of imidazole rings is 1. The van der Waals surface area contributed by atoms with Crippen LogP contribution < -0.4 is 0 Å². The molecule has 0 saturated heterocycles. The predicted octanol–water partition coefficient (Wildman–Crippen LogP) is 4.18. The number of benzene rings is 1. The molecule has 0 atom stereocenters. The van der Waals surface area contributed by atoms with Crippen LogP contribution in [-0.2, 0) is 0 Å². The molecule has 0 N–H and O–H groups in total. The molecule has 2 aromatic heterocycles. The quantitative estimate of drug-likeness (QED) is 0.607. The van der Waals surface area contributed by atoms with Gasteiger partial charge in [0.05, 0.1) is 5.69 Å². The third-order valence-corrected chi connectivity index (χ3v) is 4.25. The molecule has 0 aliphatic rings. The smallest absolute Gasteiger partial charge is 0.146 e. The normalized spacial score (nSPS) is 11.5. The van der Waals surface area contributed by atoms with Gasteiger partial charge in [0.2, 0.25) is 0 Å². The Morgan fingerprint density at radius 2 is 1.65 bits per heavy atom. The van der Waals surface area contributed by atoms with E-state index >= 15 is 0 Å². The van der Waals surface area contributed by atoms with Gasteiger partial charge in [-0.2, -0.15) is 0 Å². The molecule has 3 aromatic rings. The summed E-state index contributed by atoms with van der Waals surface area (Å²) >= 11 is 3.52. The fourth-order valence-electron chi connectivity index (χ4n) is 2.43. The molecule has 86 valence electrons. The molecule has 0 unspecified atom stereocenters. The minimum atomic E-state index is 0.927. The van der Waals surface area contributed by atoms with Crippen molar-refractivity contribution in [2.45, 2.75) is 20.8 Å². The van der Waals surface area contributed by atoms with Crippen LogP contribution >= 0.6 is 15.9 Å². The van der Waals surface area contributed by atoms with Gasteiger partial charge in [-0.15, -0.1) is 0 Å². The molecule has 0 fully saturated rings. The van der Waals surface area contributed by atoms with E-state index in [0.29, 0.717) is 0 Å². The maximum Gasteiger partial charge on any atom is 0.146 e. The molecule has 0 spiro atoms. The van der Waals surface area contributed by atoms with Crippen LogP contribution in [-0.4, -0.2) is 9.38 Å². The molecule has 0 amide bonds. The first kappa shape index (κ1) is 10.8. The molecule has 2 nitrogen and oxygen atoms in total. The summed E-state index contributed by atoms with van der Waals surface area (Å²) in [5.41, 5.74) is 4.77. The van der Waals surface area contributed by atoms with Crippen molar-refractivity contribution in [2.24, 2.45) is 0 Å². The van der Waals surface area contributed by atoms with Gasteiger partial charge in [0.1, 0.15) is 10.3 Å². The molecule has 0 saturated carbocycles. The lowest BCUT2D eigenvalue weighted by Crippen LogP contribution is -1.98. The van der Waals surface area contributed by atoms with E-state index in [1.807, 2.05) is 0 Å². The highest BCUT2D eigenvalue weighted by Crippen LogP contribution is 2.29. The summed E-state index contributed by atoms with van der Waals surface area (Å²) in [5, 5.41) is 2.50. The molecule has 0 bridgehead atoms. The summed E-state index contributed by atoms with van der Waals surface area (Å²) in [7, 11) is 0. The van der Waals surface area contributed by atoms with Crippen LogP contribution in [0.4, 0.5) is 0 Å². The zero-order chi connectivity index (χ0) is 12.2. The van der Waals surface area contributed by atoms with Gasteiger partial charge in [-0.3, -0.25) is 4.40 Å². The number of pyridine rings is 1. The van der Waals surface area contributed by atoms with E-state index in [4.69, 9.17) is 0 Å². The zero-order valence-corrected chi connectivity index (χ0v) is 11.7. The van der Waals surface area contributed by atoms with Crippen molar-refractivity contribution >= 4 is 32.3 Å². The van der Waals surface area contributed by atoms with E-state index in [9.17, 15) is 0 Å². The molecule has 3 heteroatoms. The van der Waals surface area contributed by atoms with Crippen LogP contribution in [0.1, 0.15) is 17.0 Å². The van der Waals surface area contributed by atoms with Gasteiger partial charge in [0.25, 0.3) is 0 Å². The Kier molecular flexibility index (Phi) is 2.26. The van der Waals surface area contributed by atoms with Gasteiger partial charge in [0.15, 0.2) is 0 Å². The fourth-order valence-corrected chi connectivity index (χ4v) is 2.78. The average Bonchev–Trinajstić information content (AvgIpc) is 2.63. The molecule has 0 aliphatic carbocycles. The zero-order valence-electron chi connectivity index (χ0n) is 10.1. The number of hydrogen-bond donors (Lipinski definition) is 0. The van der Waals surface area contributed by atoms with Gasteiger partial charge in [-0.25, -0.2) is 4.98 Å². The van der Waals surface area contributed by atoms with E-state index in [0.717, 1.165) is 15.9 Å². The Morgan fingerprint density at radius 3 is 2.35 bits per heavy atom. The van der Waals surface area contributed by atoms with Crippen molar-refractivity contribution < 1.29 is 0 Å². The van der Waals surface area contributed by atoms with Crippen LogP contribution in [0, 0.1) is 20.8 Å². The minimum Gasteiger partial charge on any atom is -0.300 e. The largest absolute Gasteiger partial charge is 0.300 e. The van der Waals surface area contributed by atoms with Crippen molar-refractivity contribution in [2.75, 3.05) is 0 Å². The Bertz CT molecular complexity index is 741. The number of rotatable bonds is 0. The molecule has 2 heterocycles. The van der Waals surface area contributed by atoms with Gasteiger partial charge in [-0.05, 0) is 47.7 Å². The number of halogens is 1. The number of hydrogen-bond acceptors (Lipinski definition) is 1. The summed E-state index contributed by atoms with van der Waals surface area (Å²) in [5.74, 6) is 0. The summed E-state index contributed by atoms with van der Waals surface area (Å²) in [6, 6.07) is 8.44. The maximum absolute atomic E-state index is 4.62. The van der Waals surface area contributed by atoms with Crippen LogP contribution in [0.15, 0.2) is 28.9 Å². The number of fused-ring (bicyclic) bond motifs is 3. The summed E-state index contributed by atoms with van der Waals surface area (Å²) in [6.07, 6.45) is 0. The number of aryl methyl sites for hydroxylation is 3. The highest BCUT2D eigenvalue weighted by atomic mass is 79.9. The molecule has 1 aromatic carbocycles. The van der Waals surface area contributed by atoms with E-state index < -0.39 is 0 Å². The maximum atomic E-state index is 4.62. The van der Waals surface area contributed by atoms with E-state index in [1.165, 1.54) is 22.0 Å². The SMILES string of the molecule is Cc1c(C)n2c(C)c(Br)nc2c2ccccc12. The highest BCUT2D eigenvalue weighted by Gasteiger charge is 2.13. The van der Waals surface area contributed by atoms with Crippen LogP contribution in [0.2, 0.25) is 0 Å². The monoisotopic (exact) mass is 288 g/mol. The molecule has 0 aliphatic heterocycles. The van der Waals surface area contributed by atoms with Crippen LogP contribution in [0.5, 0.6) is 0 Å². The topological polar surface area (TPSA) is 17.3 Å². The van der Waals surface area contributed by atoms with Gasteiger partial charge < -0.3 is 0 Å². The lowest BCUT2D eigenvalue weighted by atomic mass is 10.1. The first-order chi connectivity index (χ1) is 8.11. The lowest BCUT2D eigenvalue weighted by Gasteiger charge is -2.10. The van der Waals surface area contributed by atoms with Crippen LogP contribution in [0.3, 0.4) is 0 Å². The van der Waals surface area contributed by atoms with Crippen molar-refractivity contribution in [3.63, 3.8) is 0 Å². The fraction of sp³-hybridized carbons (Fsp3) is 0.214. The van der Waals surface area contributed by atoms with Crippen molar-refractivity contribution in [3.8, 4) is 0 Å². The second-order valence-corrected chi connectivity index (χ2v) is 5.15. The number of aromatic nitrogens is 2. The van der Waals surface area contributed by atoms with E-state index in [-0.39, 0.29) is 0 Å². The predicted molar refractivity (Wildman–Crippen MR) is 74.6 cm³/mol. The average molecular weight is 289 g/mol. The van der Waals surface area contributed by atoms with Crippen molar-refractivity contribution in [1.82, 2.24) is 9.38 Å². The third-order valence-electron chi connectivity index (χ3n) is 3.50. The Balaban J connectivity index is 2.70. The molecule has 17 heavy (non-hydrogen) atoms. The lowest BCUT2D eigenvalue weighted by molar-refractivity contribution is 1.03. The standard InChI is InChI=1S/C14H13BrN2/c1-8-9(2)17-10(3)13(15)16-14(17)12-7-5-4-6-11(8)12/h4-7H,1-3H3. The van der Waals surface area contributed by atoms with E-state index in [2.05, 4.69) is 70.4 Å². The molecular weight excluding hydrogens is 276 g/mol. The number of nitrogens with zero attached hydrogens (tertiary/aromatic N) is 2. The van der Waals surface area contributed by atoms with Crippen molar-refractivity contribution in [3.05, 3.63) is 45.8 Å². The second-order valence-electron chi connectivity index (χ2n) is 4.40. The summed E-state index contributed by atoms with van der Waals surface area (Å²) in [6.45, 7) is 6.41. The second kappa shape index (κ2) is 3.57. The van der Waals surface area contributed by atoms with Crippen molar-refractivity contribution in [1.29, 1.82) is 0 Å². The molecular formula is C14H13BrN2. The first-order valence-corrected chi connectivity index (χ1v) is 6.43. The van der Waals surface area contributed by atoms with Gasteiger partial charge in [0, 0.05) is 11.1 Å². The molecule has 3 rings (SSSR count). The summed E-state index contributed by atoms with van der Waals surface area (Å²) < 4.78 is 3.15. The third kappa shape index (κ3) is 1.35. The Hall–Kier alpha value is -1.35. The first-order valence-electron chi connectivity index (χ1n) is 5.63. The Morgan fingerprint density at radius 1 is 1.00 bits per heavy atom. The highest BCUT2D eigenvalue weighted by molar-refractivity contribution is 9.10. The van der Waals surface area contributed by atoms with Gasteiger partial charge >= 0.3 is 0 Å². The van der Waals surface area contributed by atoms with Crippen LogP contribution in [0.25, 0.3) is 16.4 Å². The summed E-state index contributed by atoms with van der Waals surface area (Å²) in [4.78, 5) is 4.62. The Labute approximate surface area is 108 Å². The molecule has 0 radical (unpaired) electrons.